The van der Waals surface area contributed by atoms with Crippen molar-refractivity contribution in [3.05, 3.63) is 11.9 Å². The molecule has 2 N–H and O–H groups in total. The van der Waals surface area contributed by atoms with E-state index in [2.05, 4.69) is 10.6 Å². The molecule has 1 atom stereocenters. The molecule has 2 nitrogen and oxygen atoms in total. The normalized spacial score (nSPS) is 25.2. The maximum Gasteiger partial charge on any atom is 0.432 e. The zero-order chi connectivity index (χ0) is 7.78. The molecule has 0 radical (unpaired) electrons. The Hall–Kier alpha value is -0.870. The molecule has 1 unspecified atom stereocenters. The van der Waals surface area contributed by atoms with Crippen LogP contribution in [0, 0.1) is 0 Å². The second-order valence-corrected chi connectivity index (χ2v) is 2.09. The van der Waals surface area contributed by atoms with Crippen LogP contribution in [0.25, 0.3) is 0 Å². The molecule has 0 fully saturated rings. The van der Waals surface area contributed by atoms with Gasteiger partial charge in [0.05, 0.1) is 6.17 Å². The van der Waals surface area contributed by atoms with E-state index in [1.54, 1.807) is 6.92 Å². The van der Waals surface area contributed by atoms with Crippen molar-refractivity contribution in [2.75, 3.05) is 0 Å². The van der Waals surface area contributed by atoms with Crippen molar-refractivity contribution in [1.29, 1.82) is 0 Å². The lowest BCUT2D eigenvalue weighted by atomic mass is 10.5. The number of rotatable bonds is 0. The Bertz CT molecular complexity index is 161. The van der Waals surface area contributed by atoms with Gasteiger partial charge in [-0.25, -0.2) is 0 Å². The highest BCUT2D eigenvalue weighted by Gasteiger charge is 2.36. The summed E-state index contributed by atoms with van der Waals surface area (Å²) in [5.41, 5.74) is -0.708. The Morgan fingerprint density at radius 3 is 2.30 bits per heavy atom. The van der Waals surface area contributed by atoms with Gasteiger partial charge in [-0.15, -0.1) is 0 Å². The third-order valence-corrected chi connectivity index (χ3v) is 1.16. The lowest BCUT2D eigenvalue weighted by Crippen LogP contribution is -2.31. The van der Waals surface area contributed by atoms with Crippen LogP contribution in [0.3, 0.4) is 0 Å². The van der Waals surface area contributed by atoms with Crippen molar-refractivity contribution < 1.29 is 13.2 Å². The summed E-state index contributed by atoms with van der Waals surface area (Å²) in [7, 11) is 0. The van der Waals surface area contributed by atoms with Crippen molar-refractivity contribution in [3.63, 3.8) is 0 Å². The second-order valence-electron chi connectivity index (χ2n) is 2.09. The molecule has 1 aliphatic heterocycles. The van der Waals surface area contributed by atoms with E-state index >= 15 is 0 Å². The van der Waals surface area contributed by atoms with Crippen LogP contribution in [0.1, 0.15) is 6.92 Å². The lowest BCUT2D eigenvalue weighted by molar-refractivity contribution is -0.0961. The summed E-state index contributed by atoms with van der Waals surface area (Å²) in [4.78, 5) is 0. The highest BCUT2D eigenvalue weighted by Crippen LogP contribution is 2.24. The number of alkyl halides is 3. The first-order valence-electron chi connectivity index (χ1n) is 2.80. The van der Waals surface area contributed by atoms with E-state index in [0.717, 1.165) is 6.20 Å². The average Bonchev–Trinajstić information content (AvgIpc) is 2.11. The van der Waals surface area contributed by atoms with Crippen LogP contribution in [-0.4, -0.2) is 12.3 Å². The van der Waals surface area contributed by atoms with Crippen LogP contribution >= 0.6 is 0 Å². The van der Waals surface area contributed by atoms with Gasteiger partial charge in [0.25, 0.3) is 0 Å². The molecule has 0 amide bonds. The minimum absolute atomic E-state index is 0.323. The highest BCUT2D eigenvalue weighted by molar-refractivity contribution is 5.11. The molecule has 0 bridgehead atoms. The molecule has 58 valence electrons. The molecule has 0 aliphatic carbocycles. The Morgan fingerprint density at radius 2 is 2.10 bits per heavy atom. The molecule has 0 saturated heterocycles. The van der Waals surface area contributed by atoms with Crippen molar-refractivity contribution in [3.8, 4) is 0 Å². The summed E-state index contributed by atoms with van der Waals surface area (Å²) < 4.78 is 35.3. The molecule has 10 heavy (non-hydrogen) atoms. The van der Waals surface area contributed by atoms with Crippen molar-refractivity contribution >= 4 is 0 Å². The number of allylic oxidation sites excluding steroid dienone is 1. The summed E-state index contributed by atoms with van der Waals surface area (Å²) in [5.74, 6) is 0. The van der Waals surface area contributed by atoms with Gasteiger partial charge in [0.2, 0.25) is 0 Å². The molecule has 0 aromatic carbocycles. The van der Waals surface area contributed by atoms with Crippen LogP contribution in [-0.2, 0) is 0 Å². The van der Waals surface area contributed by atoms with Gasteiger partial charge in [-0.05, 0) is 6.92 Å². The van der Waals surface area contributed by atoms with Crippen LogP contribution in [0.4, 0.5) is 13.2 Å². The van der Waals surface area contributed by atoms with E-state index in [-0.39, 0.29) is 6.17 Å². The molecular weight excluding hydrogens is 145 g/mol. The first kappa shape index (κ1) is 7.24. The standard InChI is InChI=1S/C5H7F3N2/c1-3-9-2-4(10-3)5(6,7)8/h2-3,9-10H,1H3. The molecule has 0 aromatic heterocycles. The zero-order valence-corrected chi connectivity index (χ0v) is 5.29. The monoisotopic (exact) mass is 152 g/mol. The van der Waals surface area contributed by atoms with Gasteiger partial charge in [-0.3, -0.25) is 0 Å². The van der Waals surface area contributed by atoms with Gasteiger partial charge in [0.1, 0.15) is 5.70 Å². The van der Waals surface area contributed by atoms with E-state index in [4.69, 9.17) is 0 Å². The summed E-state index contributed by atoms with van der Waals surface area (Å²) in [5, 5.41) is 4.70. The lowest BCUT2D eigenvalue weighted by Gasteiger charge is -2.09. The second kappa shape index (κ2) is 2.07. The molecule has 5 heteroatoms. The minimum Gasteiger partial charge on any atom is -0.370 e. The zero-order valence-electron chi connectivity index (χ0n) is 5.29. The third-order valence-electron chi connectivity index (χ3n) is 1.16. The summed E-state index contributed by atoms with van der Waals surface area (Å²) in [6.07, 6.45) is -3.64. The van der Waals surface area contributed by atoms with E-state index in [9.17, 15) is 13.2 Å². The van der Waals surface area contributed by atoms with E-state index in [0.29, 0.717) is 0 Å². The van der Waals surface area contributed by atoms with E-state index in [1.807, 2.05) is 0 Å². The summed E-state index contributed by atoms with van der Waals surface area (Å²) in [6.45, 7) is 1.61. The fraction of sp³-hybridized carbons (Fsp3) is 0.600. The molecular formula is C5H7F3N2. The third kappa shape index (κ3) is 1.34. The quantitative estimate of drug-likeness (QED) is 0.539. The van der Waals surface area contributed by atoms with Crippen molar-refractivity contribution in [1.82, 2.24) is 10.6 Å². The molecule has 0 spiro atoms. The Morgan fingerprint density at radius 1 is 1.50 bits per heavy atom. The predicted molar refractivity (Wildman–Crippen MR) is 29.9 cm³/mol. The maximum absolute atomic E-state index is 11.8. The predicted octanol–water partition coefficient (Wildman–Crippen LogP) is 0.929. The Kier molecular flexibility index (Phi) is 1.50. The molecule has 1 aliphatic rings. The van der Waals surface area contributed by atoms with Crippen molar-refractivity contribution in [2.45, 2.75) is 19.3 Å². The van der Waals surface area contributed by atoms with Gasteiger partial charge >= 0.3 is 6.18 Å². The largest absolute Gasteiger partial charge is 0.432 e. The molecule has 0 aromatic rings. The van der Waals surface area contributed by atoms with E-state index in [1.165, 1.54) is 0 Å². The first-order chi connectivity index (χ1) is 4.50. The highest BCUT2D eigenvalue weighted by atomic mass is 19.4. The summed E-state index contributed by atoms with van der Waals surface area (Å²) in [6, 6.07) is 0. The summed E-state index contributed by atoms with van der Waals surface area (Å²) >= 11 is 0. The molecule has 1 rings (SSSR count). The fourth-order valence-electron chi connectivity index (χ4n) is 0.689. The number of halogens is 3. The van der Waals surface area contributed by atoms with Gasteiger partial charge in [-0.1, -0.05) is 0 Å². The van der Waals surface area contributed by atoms with Gasteiger partial charge in [-0.2, -0.15) is 13.2 Å². The molecule has 0 saturated carbocycles. The van der Waals surface area contributed by atoms with Crippen molar-refractivity contribution in [2.24, 2.45) is 0 Å². The SMILES string of the molecule is CC1NC=C(C(F)(F)F)N1. The average molecular weight is 152 g/mol. The smallest absolute Gasteiger partial charge is 0.370 e. The topological polar surface area (TPSA) is 24.1 Å². The number of hydrogen-bond donors (Lipinski definition) is 2. The van der Waals surface area contributed by atoms with Gasteiger partial charge in [0.15, 0.2) is 0 Å². The van der Waals surface area contributed by atoms with Crippen LogP contribution in [0.15, 0.2) is 11.9 Å². The van der Waals surface area contributed by atoms with E-state index < -0.39 is 11.9 Å². The number of hydrogen-bond acceptors (Lipinski definition) is 2. The first-order valence-corrected chi connectivity index (χ1v) is 2.80. The molecule has 1 heterocycles. The Balaban J connectivity index is 2.60. The fourth-order valence-corrected chi connectivity index (χ4v) is 0.689. The minimum atomic E-state index is -4.25. The number of nitrogens with one attached hydrogen (secondary N) is 2. The van der Waals surface area contributed by atoms with Crippen LogP contribution < -0.4 is 10.6 Å². The van der Waals surface area contributed by atoms with Crippen LogP contribution in [0.5, 0.6) is 0 Å². The Labute approximate surface area is 56.1 Å². The van der Waals surface area contributed by atoms with Gasteiger partial charge in [0, 0.05) is 6.20 Å². The van der Waals surface area contributed by atoms with Gasteiger partial charge < -0.3 is 10.6 Å². The maximum atomic E-state index is 11.8. The van der Waals surface area contributed by atoms with Crippen LogP contribution in [0.2, 0.25) is 0 Å².